The van der Waals surface area contributed by atoms with Gasteiger partial charge in [0.1, 0.15) is 22.3 Å². The van der Waals surface area contributed by atoms with Crippen molar-refractivity contribution < 1.29 is 8.83 Å². The number of furan rings is 2. The van der Waals surface area contributed by atoms with Crippen molar-refractivity contribution in [1.29, 1.82) is 0 Å². The van der Waals surface area contributed by atoms with Gasteiger partial charge >= 0.3 is 0 Å². The Morgan fingerprint density at radius 3 is 1.93 bits per heavy atom. The van der Waals surface area contributed by atoms with Crippen LogP contribution in [-0.4, -0.2) is 0 Å². The van der Waals surface area contributed by atoms with Crippen LogP contribution in [0, 0.1) is 0 Å². The molecule has 10 aromatic rings. The summed E-state index contributed by atoms with van der Waals surface area (Å²) in [7, 11) is 0. The van der Waals surface area contributed by atoms with Gasteiger partial charge in [-0.15, -0.1) is 11.3 Å². The highest BCUT2D eigenvalue weighted by Crippen LogP contribution is 2.49. The van der Waals surface area contributed by atoms with Crippen LogP contribution in [0.4, 0.5) is 17.1 Å². The SMILES string of the molecule is c1ccc(-c2ccc(N(c3ccc4c(c3)sc3ccccc34)c3cccc4oc5ccccc5c34)c3c2oc2ccccc23)cc1. The first-order valence-electron chi connectivity index (χ1n) is 15.4. The van der Waals surface area contributed by atoms with Gasteiger partial charge in [0, 0.05) is 42.2 Å². The zero-order valence-corrected chi connectivity index (χ0v) is 25.4. The van der Waals surface area contributed by atoms with E-state index in [1.807, 2.05) is 29.5 Å². The third-order valence-electron chi connectivity index (χ3n) is 9.07. The van der Waals surface area contributed by atoms with Crippen LogP contribution in [0.2, 0.25) is 0 Å². The van der Waals surface area contributed by atoms with Gasteiger partial charge in [0.25, 0.3) is 0 Å². The van der Waals surface area contributed by atoms with Crippen LogP contribution in [0.25, 0.3) is 75.2 Å². The summed E-state index contributed by atoms with van der Waals surface area (Å²) >= 11 is 1.84. The van der Waals surface area contributed by atoms with Crippen LogP contribution in [0.5, 0.6) is 0 Å². The molecular weight excluding hydrogens is 583 g/mol. The molecule has 0 aliphatic heterocycles. The molecule has 0 bridgehead atoms. The standard InChI is InChI=1S/C42H25NO2S/c1-2-11-26(12-3-1)28-23-24-34(41-32-15-5-8-18-36(32)45-42(28)41)43(27-21-22-30-29-13-6-9-20-38(29)46-39(30)25-27)33-16-10-19-37-40(33)31-14-4-7-17-35(31)44-37/h1-25H. The second kappa shape index (κ2) is 9.83. The molecule has 0 fully saturated rings. The van der Waals surface area contributed by atoms with Crippen molar-refractivity contribution in [2.24, 2.45) is 0 Å². The smallest absolute Gasteiger partial charge is 0.145 e. The molecule has 46 heavy (non-hydrogen) atoms. The largest absolute Gasteiger partial charge is 0.456 e. The lowest BCUT2D eigenvalue weighted by Crippen LogP contribution is -2.11. The lowest BCUT2D eigenvalue weighted by atomic mass is 9.99. The van der Waals surface area contributed by atoms with E-state index in [4.69, 9.17) is 8.83 Å². The summed E-state index contributed by atoms with van der Waals surface area (Å²) in [5, 5.41) is 6.91. The first kappa shape index (κ1) is 25.5. The number of fused-ring (bicyclic) bond motifs is 9. The molecule has 0 N–H and O–H groups in total. The fourth-order valence-corrected chi connectivity index (χ4v) is 8.19. The number of rotatable bonds is 4. The van der Waals surface area contributed by atoms with Crippen LogP contribution in [-0.2, 0) is 0 Å². The van der Waals surface area contributed by atoms with Crippen molar-refractivity contribution in [3.8, 4) is 11.1 Å². The maximum absolute atomic E-state index is 6.71. The minimum Gasteiger partial charge on any atom is -0.456 e. The molecule has 0 amide bonds. The molecule has 216 valence electrons. The molecule has 3 heterocycles. The molecule has 0 spiro atoms. The molecule has 0 atom stereocenters. The Bertz CT molecular complexity index is 2770. The van der Waals surface area contributed by atoms with Crippen LogP contribution in [0.3, 0.4) is 0 Å². The highest BCUT2D eigenvalue weighted by atomic mass is 32.1. The summed E-state index contributed by atoms with van der Waals surface area (Å²) in [5.74, 6) is 0. The second-order valence-electron chi connectivity index (χ2n) is 11.7. The predicted molar refractivity (Wildman–Crippen MR) is 194 cm³/mol. The molecule has 0 unspecified atom stereocenters. The van der Waals surface area contributed by atoms with Crippen LogP contribution >= 0.6 is 11.3 Å². The van der Waals surface area contributed by atoms with E-state index < -0.39 is 0 Å². The monoisotopic (exact) mass is 607 g/mol. The molecule has 10 rings (SSSR count). The highest BCUT2D eigenvalue weighted by Gasteiger charge is 2.25. The number of hydrogen-bond donors (Lipinski definition) is 0. The summed E-state index contributed by atoms with van der Waals surface area (Å²) < 4.78 is 15.7. The van der Waals surface area contributed by atoms with Crippen molar-refractivity contribution in [2.45, 2.75) is 0 Å². The third kappa shape index (κ3) is 3.71. The lowest BCUT2D eigenvalue weighted by Gasteiger charge is -2.27. The van der Waals surface area contributed by atoms with E-state index in [9.17, 15) is 0 Å². The van der Waals surface area contributed by atoms with E-state index in [1.54, 1.807) is 0 Å². The van der Waals surface area contributed by atoms with Crippen molar-refractivity contribution in [2.75, 3.05) is 4.90 Å². The summed E-state index contributed by atoms with van der Waals surface area (Å²) in [4.78, 5) is 2.40. The van der Waals surface area contributed by atoms with Crippen molar-refractivity contribution in [1.82, 2.24) is 0 Å². The average molecular weight is 608 g/mol. The van der Waals surface area contributed by atoms with Crippen LogP contribution < -0.4 is 4.90 Å². The Morgan fingerprint density at radius 2 is 1.09 bits per heavy atom. The second-order valence-corrected chi connectivity index (χ2v) is 12.7. The predicted octanol–water partition coefficient (Wildman–Crippen LogP) is 13.0. The van der Waals surface area contributed by atoms with Gasteiger partial charge in [-0.25, -0.2) is 0 Å². The topological polar surface area (TPSA) is 29.5 Å². The molecular formula is C42H25NO2S. The van der Waals surface area contributed by atoms with Gasteiger partial charge in [0.2, 0.25) is 0 Å². The van der Waals surface area contributed by atoms with Gasteiger partial charge in [-0.1, -0.05) is 97.1 Å². The zero-order valence-electron chi connectivity index (χ0n) is 24.6. The minimum absolute atomic E-state index is 0.862. The lowest BCUT2D eigenvalue weighted by molar-refractivity contribution is 0.669. The first-order chi connectivity index (χ1) is 22.8. The van der Waals surface area contributed by atoms with E-state index in [0.717, 1.165) is 72.1 Å². The molecule has 4 heteroatoms. The Balaban J connectivity index is 1.33. The number of nitrogens with zero attached hydrogens (tertiary/aromatic N) is 1. The van der Waals surface area contributed by atoms with E-state index in [1.165, 1.54) is 20.2 Å². The van der Waals surface area contributed by atoms with Crippen LogP contribution in [0.1, 0.15) is 0 Å². The van der Waals surface area contributed by atoms with Gasteiger partial charge < -0.3 is 13.7 Å². The molecule has 3 aromatic heterocycles. The molecule has 7 aromatic carbocycles. The summed E-state index contributed by atoms with van der Waals surface area (Å²) in [6, 6.07) is 53.5. The fourth-order valence-electron chi connectivity index (χ4n) is 7.05. The zero-order chi connectivity index (χ0) is 30.2. The van der Waals surface area contributed by atoms with Gasteiger partial charge in [-0.05, 0) is 60.2 Å². The van der Waals surface area contributed by atoms with E-state index in [0.29, 0.717) is 0 Å². The summed E-state index contributed by atoms with van der Waals surface area (Å²) in [6.45, 7) is 0. The number of benzene rings is 7. The van der Waals surface area contributed by atoms with Crippen molar-refractivity contribution in [3.63, 3.8) is 0 Å². The number of hydrogen-bond acceptors (Lipinski definition) is 4. The van der Waals surface area contributed by atoms with Crippen molar-refractivity contribution in [3.05, 3.63) is 152 Å². The molecule has 0 aliphatic carbocycles. The number of thiophene rings is 1. The van der Waals surface area contributed by atoms with E-state index in [-0.39, 0.29) is 0 Å². The third-order valence-corrected chi connectivity index (χ3v) is 10.2. The van der Waals surface area contributed by atoms with Gasteiger partial charge in [0.05, 0.1) is 22.1 Å². The molecule has 0 saturated carbocycles. The molecule has 0 radical (unpaired) electrons. The van der Waals surface area contributed by atoms with Gasteiger partial charge in [0.15, 0.2) is 0 Å². The number of para-hydroxylation sites is 2. The van der Waals surface area contributed by atoms with E-state index >= 15 is 0 Å². The first-order valence-corrected chi connectivity index (χ1v) is 16.2. The Morgan fingerprint density at radius 1 is 0.435 bits per heavy atom. The minimum atomic E-state index is 0.862. The van der Waals surface area contributed by atoms with Crippen LogP contribution in [0.15, 0.2) is 160 Å². The van der Waals surface area contributed by atoms with E-state index in [2.05, 4.69) is 138 Å². The molecule has 0 saturated heterocycles. The highest BCUT2D eigenvalue weighted by molar-refractivity contribution is 7.25. The Kier molecular flexibility index (Phi) is 5.45. The maximum atomic E-state index is 6.71. The normalized spacial score (nSPS) is 11.9. The fraction of sp³-hybridized carbons (Fsp3) is 0. The summed E-state index contributed by atoms with van der Waals surface area (Å²) in [6.07, 6.45) is 0. The molecule has 3 nitrogen and oxygen atoms in total. The quantitative estimate of drug-likeness (QED) is 0.199. The van der Waals surface area contributed by atoms with Crippen molar-refractivity contribution >= 4 is 92.4 Å². The maximum Gasteiger partial charge on any atom is 0.145 e. The Hall–Kier alpha value is -5.84. The van der Waals surface area contributed by atoms with Gasteiger partial charge in [-0.2, -0.15) is 0 Å². The van der Waals surface area contributed by atoms with Gasteiger partial charge in [-0.3, -0.25) is 0 Å². The number of anilines is 3. The average Bonchev–Trinajstić information content (AvgIpc) is 3.80. The molecule has 0 aliphatic rings. The Labute approximate surface area is 268 Å². The summed E-state index contributed by atoms with van der Waals surface area (Å²) in [5.41, 5.74) is 8.87.